The number of nitrogens with zero attached hydrogens (tertiary/aromatic N) is 2. The van der Waals surface area contributed by atoms with Crippen LogP contribution in [0.4, 0.5) is 0 Å². The smallest absolute Gasteiger partial charge is 0.253 e. The lowest BCUT2D eigenvalue weighted by Crippen LogP contribution is -2.32. The highest BCUT2D eigenvalue weighted by molar-refractivity contribution is 7.91. The summed E-state index contributed by atoms with van der Waals surface area (Å²) >= 11 is 6.95. The van der Waals surface area contributed by atoms with Gasteiger partial charge in [0.15, 0.2) is 0 Å². The van der Waals surface area contributed by atoms with Gasteiger partial charge in [0.25, 0.3) is 10.0 Å². The monoisotopic (exact) mass is 328 g/mol. The largest absolute Gasteiger partial charge is 0.264 e. The molecule has 0 radical (unpaired) electrons. The van der Waals surface area contributed by atoms with Gasteiger partial charge in [0.2, 0.25) is 0 Å². The molecule has 0 bridgehead atoms. The Bertz CT molecular complexity index is 696. The van der Waals surface area contributed by atoms with Gasteiger partial charge in [0.1, 0.15) is 4.21 Å². The molecule has 1 fully saturated rings. The first kappa shape index (κ1) is 14.0. The van der Waals surface area contributed by atoms with Gasteiger partial charge >= 0.3 is 0 Å². The molecule has 0 spiro atoms. The average Bonchev–Trinajstić information content (AvgIpc) is 3.17. The number of halogens is 1. The minimum atomic E-state index is -3.48. The van der Waals surface area contributed by atoms with Crippen LogP contribution in [0, 0.1) is 0 Å². The molecule has 0 aromatic carbocycles. The van der Waals surface area contributed by atoms with E-state index in [1.54, 1.807) is 28.8 Å². The maximum absolute atomic E-state index is 12.7. The predicted octanol–water partition coefficient (Wildman–Crippen LogP) is 3.15. The molecule has 4 nitrogen and oxygen atoms in total. The third-order valence-corrected chi connectivity index (χ3v) is 6.72. The Balaban J connectivity index is 1.91. The van der Waals surface area contributed by atoms with Gasteiger partial charge < -0.3 is 0 Å². The summed E-state index contributed by atoms with van der Waals surface area (Å²) < 4.78 is 27.7. The number of hydrogen-bond donors (Lipinski definition) is 0. The Morgan fingerprint density at radius 1 is 1.35 bits per heavy atom. The SMILES string of the molecule is O=S(=O)(c1ccc(Cl)s1)N(Cc1cccnc1)C1CC1. The lowest BCUT2D eigenvalue weighted by atomic mass is 10.3. The van der Waals surface area contributed by atoms with Crippen LogP contribution in [-0.2, 0) is 16.6 Å². The first-order chi connectivity index (χ1) is 9.57. The van der Waals surface area contributed by atoms with Crippen LogP contribution in [-0.4, -0.2) is 23.7 Å². The zero-order valence-corrected chi connectivity index (χ0v) is 13.0. The maximum atomic E-state index is 12.7. The van der Waals surface area contributed by atoms with Crippen molar-refractivity contribution in [1.82, 2.24) is 9.29 Å². The molecule has 2 heterocycles. The highest BCUT2D eigenvalue weighted by Crippen LogP contribution is 2.36. The third kappa shape index (κ3) is 2.88. The van der Waals surface area contributed by atoms with Crippen molar-refractivity contribution in [1.29, 1.82) is 0 Å². The second-order valence-electron chi connectivity index (χ2n) is 4.70. The zero-order chi connectivity index (χ0) is 14.2. The van der Waals surface area contributed by atoms with Gasteiger partial charge in [0.05, 0.1) is 4.34 Å². The molecule has 106 valence electrons. The lowest BCUT2D eigenvalue weighted by molar-refractivity contribution is 0.399. The fourth-order valence-electron chi connectivity index (χ4n) is 2.00. The van der Waals surface area contributed by atoms with Gasteiger partial charge in [0, 0.05) is 25.0 Å². The highest BCUT2D eigenvalue weighted by atomic mass is 35.5. The molecule has 1 aliphatic rings. The van der Waals surface area contributed by atoms with Gasteiger partial charge in [-0.05, 0) is 36.6 Å². The van der Waals surface area contributed by atoms with Crippen LogP contribution in [0.5, 0.6) is 0 Å². The van der Waals surface area contributed by atoms with E-state index in [4.69, 9.17) is 11.6 Å². The van der Waals surface area contributed by atoms with E-state index in [1.807, 2.05) is 12.1 Å². The van der Waals surface area contributed by atoms with Gasteiger partial charge in [-0.3, -0.25) is 4.98 Å². The van der Waals surface area contributed by atoms with E-state index < -0.39 is 10.0 Å². The molecule has 7 heteroatoms. The minimum Gasteiger partial charge on any atom is -0.264 e. The standard InChI is InChI=1S/C13H13ClN2O2S2/c14-12-5-6-13(19-12)20(17,18)16(11-3-4-11)9-10-2-1-7-15-8-10/h1-2,5-8,11H,3-4,9H2. The molecule has 0 unspecified atom stereocenters. The van der Waals surface area contributed by atoms with Crippen molar-refractivity contribution in [3.63, 3.8) is 0 Å². The summed E-state index contributed by atoms with van der Waals surface area (Å²) in [6, 6.07) is 6.99. The maximum Gasteiger partial charge on any atom is 0.253 e. The molecule has 3 rings (SSSR count). The number of rotatable bonds is 5. The van der Waals surface area contributed by atoms with Gasteiger partial charge in [-0.2, -0.15) is 4.31 Å². The molecule has 1 saturated carbocycles. The molecule has 0 N–H and O–H groups in total. The van der Waals surface area contributed by atoms with Crippen LogP contribution in [0.2, 0.25) is 4.34 Å². The Hall–Kier alpha value is -0.950. The molecule has 0 aliphatic heterocycles. The lowest BCUT2D eigenvalue weighted by Gasteiger charge is -2.20. The third-order valence-electron chi connectivity index (χ3n) is 3.13. The fourth-order valence-corrected chi connectivity index (χ4v) is 5.28. The average molecular weight is 329 g/mol. The summed E-state index contributed by atoms with van der Waals surface area (Å²) in [5.74, 6) is 0. The van der Waals surface area contributed by atoms with Crippen molar-refractivity contribution >= 4 is 33.0 Å². The van der Waals surface area contributed by atoms with Crippen LogP contribution in [0.1, 0.15) is 18.4 Å². The van der Waals surface area contributed by atoms with Crippen LogP contribution in [0.25, 0.3) is 0 Å². The number of pyridine rings is 1. The van der Waals surface area contributed by atoms with Crippen molar-refractivity contribution < 1.29 is 8.42 Å². The van der Waals surface area contributed by atoms with Crippen molar-refractivity contribution in [3.05, 3.63) is 46.6 Å². The summed E-state index contributed by atoms with van der Waals surface area (Å²) in [6.45, 7) is 0.357. The Morgan fingerprint density at radius 2 is 2.15 bits per heavy atom. The second-order valence-corrected chi connectivity index (χ2v) is 8.53. The Kier molecular flexibility index (Phi) is 3.81. The number of aromatic nitrogens is 1. The van der Waals surface area contributed by atoms with Crippen molar-refractivity contribution in [2.75, 3.05) is 0 Å². The molecule has 1 aliphatic carbocycles. The normalized spacial score (nSPS) is 15.7. The van der Waals surface area contributed by atoms with Crippen molar-refractivity contribution in [3.8, 4) is 0 Å². The second kappa shape index (κ2) is 5.44. The van der Waals surface area contributed by atoms with E-state index >= 15 is 0 Å². The van der Waals surface area contributed by atoms with Gasteiger partial charge in [-0.25, -0.2) is 8.42 Å². The molecule has 0 saturated heterocycles. The Morgan fingerprint density at radius 3 is 2.70 bits per heavy atom. The molecule has 0 amide bonds. The van der Waals surface area contributed by atoms with Crippen molar-refractivity contribution in [2.24, 2.45) is 0 Å². The van der Waals surface area contributed by atoms with E-state index in [0.717, 1.165) is 29.7 Å². The van der Waals surface area contributed by atoms with E-state index in [0.29, 0.717) is 15.1 Å². The fraction of sp³-hybridized carbons (Fsp3) is 0.308. The van der Waals surface area contributed by atoms with E-state index in [2.05, 4.69) is 4.98 Å². The summed E-state index contributed by atoms with van der Waals surface area (Å²) in [4.78, 5) is 4.04. The summed E-state index contributed by atoms with van der Waals surface area (Å²) in [6.07, 6.45) is 5.21. The van der Waals surface area contributed by atoms with Crippen molar-refractivity contribution in [2.45, 2.75) is 29.6 Å². The number of sulfonamides is 1. The van der Waals surface area contributed by atoms with E-state index in [-0.39, 0.29) is 6.04 Å². The summed E-state index contributed by atoms with van der Waals surface area (Å²) in [7, 11) is -3.48. The topological polar surface area (TPSA) is 50.3 Å². The van der Waals surface area contributed by atoms with Gasteiger partial charge in [-0.15, -0.1) is 11.3 Å². The summed E-state index contributed by atoms with van der Waals surface area (Å²) in [5, 5.41) is 0. The number of hydrogen-bond acceptors (Lipinski definition) is 4. The molecular formula is C13H13ClN2O2S2. The summed E-state index contributed by atoms with van der Waals surface area (Å²) in [5.41, 5.74) is 0.894. The van der Waals surface area contributed by atoms with E-state index in [9.17, 15) is 8.42 Å². The van der Waals surface area contributed by atoms with Gasteiger partial charge in [-0.1, -0.05) is 17.7 Å². The van der Waals surface area contributed by atoms with E-state index in [1.165, 1.54) is 0 Å². The number of thiophene rings is 1. The molecule has 2 aromatic heterocycles. The predicted molar refractivity (Wildman–Crippen MR) is 79.3 cm³/mol. The first-order valence-corrected chi connectivity index (χ1v) is 8.87. The highest BCUT2D eigenvalue weighted by Gasteiger charge is 2.38. The molecule has 20 heavy (non-hydrogen) atoms. The molecule has 0 atom stereocenters. The first-order valence-electron chi connectivity index (χ1n) is 6.23. The minimum absolute atomic E-state index is 0.0982. The molecular weight excluding hydrogens is 316 g/mol. The zero-order valence-electron chi connectivity index (χ0n) is 10.6. The quantitative estimate of drug-likeness (QED) is 0.847. The van der Waals surface area contributed by atoms with Crippen LogP contribution in [0.15, 0.2) is 40.9 Å². The van der Waals surface area contributed by atoms with Crippen LogP contribution >= 0.6 is 22.9 Å². The Labute approximate surface area is 127 Å². The molecule has 2 aromatic rings. The van der Waals surface area contributed by atoms with Crippen LogP contribution in [0.3, 0.4) is 0 Å². The van der Waals surface area contributed by atoms with Crippen LogP contribution < -0.4 is 0 Å².